The molecule has 0 fully saturated rings. The van der Waals surface area contributed by atoms with Crippen LogP contribution in [-0.2, 0) is 12.8 Å². The van der Waals surface area contributed by atoms with E-state index in [1.54, 1.807) is 0 Å². The fraction of sp³-hybridized carbons (Fsp3) is 0.400. The fourth-order valence-corrected chi connectivity index (χ4v) is 2.94. The molecular formula is C15H18N4O2. The number of rotatable bonds is 4. The number of fused-ring (bicyclic) bond motifs is 1. The van der Waals surface area contributed by atoms with E-state index in [1.165, 1.54) is 11.1 Å². The summed E-state index contributed by atoms with van der Waals surface area (Å²) in [6.45, 7) is 2.62. The standard InChI is InChI=1S/C15H18N4O2/c1-2-21-12-8-7-11(9-5-3-4-6-10(9)12)13-14(15(16)20)18-19-17-13/h7-8H,2-6H2,1H3,(H2,16,20)(H,17,18,19). The third-order valence-electron chi connectivity index (χ3n) is 3.83. The van der Waals surface area contributed by atoms with Gasteiger partial charge >= 0.3 is 0 Å². The molecule has 0 unspecified atom stereocenters. The number of nitrogens with two attached hydrogens (primary N) is 1. The molecule has 6 nitrogen and oxygen atoms in total. The molecule has 0 atom stereocenters. The second-order valence-corrected chi connectivity index (χ2v) is 5.09. The Morgan fingerprint density at radius 1 is 1.29 bits per heavy atom. The molecule has 0 spiro atoms. The van der Waals surface area contributed by atoms with Gasteiger partial charge in [-0.25, -0.2) is 0 Å². The molecule has 6 heteroatoms. The molecule has 0 saturated carbocycles. The number of aromatic nitrogens is 3. The first-order valence-corrected chi connectivity index (χ1v) is 7.20. The summed E-state index contributed by atoms with van der Waals surface area (Å²) < 4.78 is 5.72. The summed E-state index contributed by atoms with van der Waals surface area (Å²) in [6, 6.07) is 3.89. The first-order valence-electron chi connectivity index (χ1n) is 7.20. The maximum Gasteiger partial charge on any atom is 0.271 e. The summed E-state index contributed by atoms with van der Waals surface area (Å²) in [7, 11) is 0. The second kappa shape index (κ2) is 5.55. The highest BCUT2D eigenvalue weighted by Crippen LogP contribution is 2.37. The van der Waals surface area contributed by atoms with E-state index in [0.29, 0.717) is 12.3 Å². The number of nitrogens with one attached hydrogen (secondary N) is 1. The summed E-state index contributed by atoms with van der Waals surface area (Å²) in [4.78, 5) is 11.5. The zero-order chi connectivity index (χ0) is 14.8. The summed E-state index contributed by atoms with van der Waals surface area (Å²) in [5.41, 5.74) is 9.43. The molecule has 0 bridgehead atoms. The van der Waals surface area contributed by atoms with E-state index in [1.807, 2.05) is 19.1 Å². The van der Waals surface area contributed by atoms with Crippen LogP contribution in [0.4, 0.5) is 0 Å². The van der Waals surface area contributed by atoms with Crippen LogP contribution in [0.2, 0.25) is 0 Å². The quantitative estimate of drug-likeness (QED) is 0.896. The van der Waals surface area contributed by atoms with Crippen LogP contribution in [0.15, 0.2) is 12.1 Å². The minimum atomic E-state index is -0.572. The van der Waals surface area contributed by atoms with Crippen LogP contribution in [0.25, 0.3) is 11.3 Å². The summed E-state index contributed by atoms with van der Waals surface area (Å²) >= 11 is 0. The number of primary amides is 1. The Kier molecular flexibility index (Phi) is 3.60. The number of carbonyl (C=O) groups is 1. The Morgan fingerprint density at radius 3 is 2.76 bits per heavy atom. The molecule has 1 amide bonds. The number of nitrogens with zero attached hydrogens (tertiary/aromatic N) is 2. The Balaban J connectivity index is 2.15. The van der Waals surface area contributed by atoms with Crippen molar-refractivity contribution in [3.05, 3.63) is 29.0 Å². The molecule has 0 radical (unpaired) electrons. The molecule has 3 rings (SSSR count). The third-order valence-corrected chi connectivity index (χ3v) is 3.83. The molecule has 2 aromatic rings. The zero-order valence-corrected chi connectivity index (χ0v) is 12.0. The molecule has 21 heavy (non-hydrogen) atoms. The highest BCUT2D eigenvalue weighted by Gasteiger charge is 2.23. The van der Waals surface area contributed by atoms with E-state index >= 15 is 0 Å². The van der Waals surface area contributed by atoms with Gasteiger partial charge < -0.3 is 10.5 Å². The van der Waals surface area contributed by atoms with Gasteiger partial charge in [-0.2, -0.15) is 15.4 Å². The molecule has 110 valence electrons. The van der Waals surface area contributed by atoms with Crippen molar-refractivity contribution >= 4 is 5.91 Å². The van der Waals surface area contributed by atoms with Crippen molar-refractivity contribution in [2.75, 3.05) is 6.61 Å². The molecule has 1 heterocycles. The van der Waals surface area contributed by atoms with Crippen molar-refractivity contribution in [2.45, 2.75) is 32.6 Å². The van der Waals surface area contributed by atoms with Crippen molar-refractivity contribution in [3.63, 3.8) is 0 Å². The SMILES string of the molecule is CCOc1ccc(-c2n[nH]nc2C(N)=O)c2c1CCCC2. The van der Waals surface area contributed by atoms with E-state index in [9.17, 15) is 4.79 Å². The van der Waals surface area contributed by atoms with E-state index in [0.717, 1.165) is 37.0 Å². The summed E-state index contributed by atoms with van der Waals surface area (Å²) in [6.07, 6.45) is 4.22. The van der Waals surface area contributed by atoms with Crippen molar-refractivity contribution in [3.8, 4) is 17.0 Å². The van der Waals surface area contributed by atoms with Gasteiger partial charge in [-0.1, -0.05) is 0 Å². The first-order chi connectivity index (χ1) is 10.2. The lowest BCUT2D eigenvalue weighted by Crippen LogP contribution is -2.14. The number of aromatic amines is 1. The summed E-state index contributed by atoms with van der Waals surface area (Å²) in [5.74, 6) is 0.359. The van der Waals surface area contributed by atoms with Crippen molar-refractivity contribution in [2.24, 2.45) is 5.73 Å². The average molecular weight is 286 g/mol. The lowest BCUT2D eigenvalue weighted by Gasteiger charge is -2.22. The maximum atomic E-state index is 11.5. The van der Waals surface area contributed by atoms with Crippen LogP contribution >= 0.6 is 0 Å². The van der Waals surface area contributed by atoms with E-state index < -0.39 is 5.91 Å². The van der Waals surface area contributed by atoms with Gasteiger partial charge in [0.05, 0.1) is 6.61 Å². The van der Waals surface area contributed by atoms with Crippen LogP contribution in [0.1, 0.15) is 41.4 Å². The number of amides is 1. The number of ether oxygens (including phenoxy) is 1. The lowest BCUT2D eigenvalue weighted by atomic mass is 9.86. The fourth-order valence-electron chi connectivity index (χ4n) is 2.94. The lowest BCUT2D eigenvalue weighted by molar-refractivity contribution is 0.0996. The molecule has 3 N–H and O–H groups in total. The molecule has 1 aliphatic rings. The van der Waals surface area contributed by atoms with E-state index in [-0.39, 0.29) is 5.69 Å². The highest BCUT2D eigenvalue weighted by atomic mass is 16.5. The van der Waals surface area contributed by atoms with Crippen LogP contribution in [0, 0.1) is 0 Å². The van der Waals surface area contributed by atoms with Gasteiger partial charge in [0, 0.05) is 5.56 Å². The maximum absolute atomic E-state index is 11.5. The molecule has 0 aliphatic heterocycles. The Labute approximate surface area is 122 Å². The molecule has 1 aromatic carbocycles. The third kappa shape index (κ3) is 2.37. The largest absolute Gasteiger partial charge is 0.494 e. The van der Waals surface area contributed by atoms with Crippen LogP contribution < -0.4 is 10.5 Å². The van der Waals surface area contributed by atoms with Crippen molar-refractivity contribution in [1.29, 1.82) is 0 Å². The van der Waals surface area contributed by atoms with Gasteiger partial charge in [-0.15, -0.1) is 0 Å². The number of carbonyl (C=O) groups excluding carboxylic acids is 1. The first kappa shape index (κ1) is 13.6. The van der Waals surface area contributed by atoms with Crippen LogP contribution in [0.3, 0.4) is 0 Å². The second-order valence-electron chi connectivity index (χ2n) is 5.09. The number of hydrogen-bond donors (Lipinski definition) is 2. The Bertz CT molecular complexity index is 678. The number of benzene rings is 1. The van der Waals surface area contributed by atoms with Gasteiger partial charge in [-0.05, 0) is 55.9 Å². The number of hydrogen-bond acceptors (Lipinski definition) is 4. The van der Waals surface area contributed by atoms with Gasteiger partial charge in [0.2, 0.25) is 0 Å². The van der Waals surface area contributed by atoms with Gasteiger partial charge in [0.15, 0.2) is 5.69 Å². The van der Waals surface area contributed by atoms with Crippen LogP contribution in [0.5, 0.6) is 5.75 Å². The van der Waals surface area contributed by atoms with Crippen molar-refractivity contribution in [1.82, 2.24) is 15.4 Å². The predicted octanol–water partition coefficient (Wildman–Crippen LogP) is 1.85. The summed E-state index contributed by atoms with van der Waals surface area (Å²) in [5, 5.41) is 10.5. The number of H-pyrrole nitrogens is 1. The Hall–Kier alpha value is -2.37. The van der Waals surface area contributed by atoms with Gasteiger partial charge in [-0.3, -0.25) is 4.79 Å². The van der Waals surface area contributed by atoms with Crippen LogP contribution in [-0.4, -0.2) is 27.9 Å². The highest BCUT2D eigenvalue weighted by molar-refractivity contribution is 5.97. The zero-order valence-electron chi connectivity index (χ0n) is 12.0. The van der Waals surface area contributed by atoms with E-state index in [2.05, 4.69) is 15.4 Å². The smallest absolute Gasteiger partial charge is 0.271 e. The minimum Gasteiger partial charge on any atom is -0.494 e. The molecular weight excluding hydrogens is 268 g/mol. The Morgan fingerprint density at radius 2 is 2.05 bits per heavy atom. The molecule has 0 saturated heterocycles. The van der Waals surface area contributed by atoms with Crippen molar-refractivity contribution < 1.29 is 9.53 Å². The van der Waals surface area contributed by atoms with E-state index in [4.69, 9.17) is 10.5 Å². The predicted molar refractivity (Wildman–Crippen MR) is 78.1 cm³/mol. The average Bonchev–Trinajstić information content (AvgIpc) is 2.97. The monoisotopic (exact) mass is 286 g/mol. The minimum absolute atomic E-state index is 0.187. The van der Waals surface area contributed by atoms with Gasteiger partial charge in [0.1, 0.15) is 11.4 Å². The normalized spacial score (nSPS) is 13.8. The topological polar surface area (TPSA) is 93.9 Å². The molecule has 1 aromatic heterocycles. The van der Waals surface area contributed by atoms with Gasteiger partial charge in [0.25, 0.3) is 5.91 Å². The molecule has 1 aliphatic carbocycles.